The van der Waals surface area contributed by atoms with E-state index in [1.807, 2.05) is 12.1 Å². The molecule has 1 aromatic heterocycles. The van der Waals surface area contributed by atoms with Gasteiger partial charge in [0.1, 0.15) is 0 Å². The van der Waals surface area contributed by atoms with Gasteiger partial charge in [-0.15, -0.1) is 0 Å². The minimum Gasteiger partial charge on any atom is -0.351 e. The summed E-state index contributed by atoms with van der Waals surface area (Å²) in [4.78, 5) is 14.6. The number of aromatic nitrogens is 1. The van der Waals surface area contributed by atoms with E-state index in [4.69, 9.17) is 17.3 Å². The molecule has 1 aromatic carbocycles. The Labute approximate surface area is 92.2 Å². The topological polar surface area (TPSA) is 58.9 Å². The van der Waals surface area contributed by atoms with Crippen LogP contribution < -0.4 is 5.73 Å². The predicted octanol–water partition coefficient (Wildman–Crippen LogP) is 2.35. The number of nitrogens with two attached hydrogens (primary N) is 1. The minimum absolute atomic E-state index is 0.109. The monoisotopic (exact) mass is 222 g/mol. The summed E-state index contributed by atoms with van der Waals surface area (Å²) in [5.41, 5.74) is 6.81. The van der Waals surface area contributed by atoms with Crippen LogP contribution in [0.2, 0.25) is 5.02 Å². The maximum atomic E-state index is 11.6. The van der Waals surface area contributed by atoms with Crippen LogP contribution in [0.1, 0.15) is 17.4 Å². The van der Waals surface area contributed by atoms with Gasteiger partial charge in [0.15, 0.2) is 5.78 Å². The average molecular weight is 223 g/mol. The molecule has 0 aliphatic rings. The lowest BCUT2D eigenvalue weighted by molar-refractivity contribution is 0.0964. The third-order valence-corrected chi connectivity index (χ3v) is 2.60. The predicted molar refractivity (Wildman–Crippen MR) is 61.3 cm³/mol. The summed E-state index contributed by atoms with van der Waals surface area (Å²) >= 11 is 5.98. The Balaban J connectivity index is 2.57. The molecule has 0 radical (unpaired) electrons. The molecule has 4 heteroatoms. The van der Waals surface area contributed by atoms with Crippen molar-refractivity contribution < 1.29 is 4.79 Å². The first-order chi connectivity index (χ1) is 7.09. The van der Waals surface area contributed by atoms with Crippen LogP contribution >= 0.6 is 11.6 Å². The first-order valence-corrected chi connectivity index (χ1v) is 5.04. The molecule has 3 N–H and O–H groups in total. The highest BCUT2D eigenvalue weighted by molar-refractivity contribution is 6.35. The molecule has 0 aliphatic heterocycles. The maximum Gasteiger partial charge on any atom is 0.195 e. The Bertz CT molecular complexity index is 516. The molecule has 0 saturated heterocycles. The molecule has 0 fully saturated rings. The summed E-state index contributed by atoms with van der Waals surface area (Å²) in [6.07, 6.45) is 0. The third kappa shape index (κ3) is 1.76. The van der Waals surface area contributed by atoms with Gasteiger partial charge in [0.2, 0.25) is 0 Å². The van der Waals surface area contributed by atoms with Crippen LogP contribution in [0.5, 0.6) is 0 Å². The van der Waals surface area contributed by atoms with Crippen molar-refractivity contribution in [3.63, 3.8) is 0 Å². The second-order valence-electron chi connectivity index (χ2n) is 3.54. The minimum atomic E-state index is -0.503. The van der Waals surface area contributed by atoms with Crippen LogP contribution in [0.4, 0.5) is 0 Å². The highest BCUT2D eigenvalue weighted by Gasteiger charge is 2.14. The van der Waals surface area contributed by atoms with E-state index >= 15 is 0 Å². The van der Waals surface area contributed by atoms with Crippen LogP contribution in [-0.2, 0) is 0 Å². The molecule has 2 aromatic rings. The van der Waals surface area contributed by atoms with Crippen molar-refractivity contribution in [3.05, 3.63) is 35.0 Å². The van der Waals surface area contributed by atoms with Gasteiger partial charge in [0.05, 0.1) is 22.3 Å². The fourth-order valence-corrected chi connectivity index (χ4v) is 1.73. The number of Topliss-reactive ketones (excluding diaryl/α,β-unsaturated/α-hetero) is 1. The van der Waals surface area contributed by atoms with Gasteiger partial charge in [-0.3, -0.25) is 4.79 Å². The lowest BCUT2D eigenvalue weighted by atomic mass is 10.1. The van der Waals surface area contributed by atoms with Crippen molar-refractivity contribution in [2.24, 2.45) is 5.73 Å². The molecule has 0 bridgehead atoms. The van der Waals surface area contributed by atoms with Crippen molar-refractivity contribution in [2.75, 3.05) is 0 Å². The highest BCUT2D eigenvalue weighted by atomic mass is 35.5. The standard InChI is InChI=1S/C11H11ClN2O/c1-6(13)11(15)9-5-7-3-2-4-8(12)10(7)14-9/h2-6,14H,13H2,1H3. The van der Waals surface area contributed by atoms with Crippen molar-refractivity contribution in [2.45, 2.75) is 13.0 Å². The zero-order valence-corrected chi connectivity index (χ0v) is 9.01. The molecule has 0 amide bonds. The summed E-state index contributed by atoms with van der Waals surface area (Å²) in [6, 6.07) is 6.79. The zero-order valence-electron chi connectivity index (χ0n) is 8.25. The Morgan fingerprint density at radius 1 is 1.53 bits per heavy atom. The van der Waals surface area contributed by atoms with Gasteiger partial charge >= 0.3 is 0 Å². The van der Waals surface area contributed by atoms with Crippen LogP contribution in [0.3, 0.4) is 0 Å². The lowest BCUT2D eigenvalue weighted by Crippen LogP contribution is -2.26. The van der Waals surface area contributed by atoms with Crippen LogP contribution in [-0.4, -0.2) is 16.8 Å². The Morgan fingerprint density at radius 3 is 2.87 bits per heavy atom. The van der Waals surface area contributed by atoms with Gasteiger partial charge < -0.3 is 10.7 Å². The number of benzene rings is 1. The normalized spacial score (nSPS) is 13.0. The van der Waals surface area contributed by atoms with E-state index in [0.717, 1.165) is 10.9 Å². The number of carbonyl (C=O) groups is 1. The maximum absolute atomic E-state index is 11.6. The summed E-state index contributed by atoms with van der Waals surface area (Å²) in [7, 11) is 0. The summed E-state index contributed by atoms with van der Waals surface area (Å²) < 4.78 is 0. The number of rotatable bonds is 2. The number of fused-ring (bicyclic) bond motifs is 1. The largest absolute Gasteiger partial charge is 0.351 e. The molecule has 0 aliphatic carbocycles. The second-order valence-corrected chi connectivity index (χ2v) is 3.95. The number of halogens is 1. The van der Waals surface area contributed by atoms with E-state index in [9.17, 15) is 4.79 Å². The van der Waals surface area contributed by atoms with Crippen molar-refractivity contribution in [1.29, 1.82) is 0 Å². The van der Waals surface area contributed by atoms with Gasteiger partial charge in [-0.25, -0.2) is 0 Å². The molecule has 3 nitrogen and oxygen atoms in total. The number of hydrogen-bond donors (Lipinski definition) is 2. The quantitative estimate of drug-likeness (QED) is 0.767. The SMILES string of the molecule is CC(N)C(=O)c1cc2cccc(Cl)c2[nH]1. The average Bonchev–Trinajstić information content (AvgIpc) is 2.61. The van der Waals surface area contributed by atoms with Crippen LogP contribution in [0.25, 0.3) is 10.9 Å². The van der Waals surface area contributed by atoms with Crippen LogP contribution in [0.15, 0.2) is 24.3 Å². The van der Waals surface area contributed by atoms with Crippen molar-refractivity contribution in [1.82, 2.24) is 4.98 Å². The first-order valence-electron chi connectivity index (χ1n) is 4.66. The highest BCUT2D eigenvalue weighted by Crippen LogP contribution is 2.23. The van der Waals surface area contributed by atoms with Crippen LogP contribution in [0, 0.1) is 0 Å². The van der Waals surface area contributed by atoms with E-state index in [-0.39, 0.29) is 5.78 Å². The number of aromatic amines is 1. The third-order valence-electron chi connectivity index (χ3n) is 2.28. The molecular formula is C11H11ClN2O. The number of H-pyrrole nitrogens is 1. The number of carbonyl (C=O) groups excluding carboxylic acids is 1. The van der Waals surface area contributed by atoms with E-state index in [1.165, 1.54) is 0 Å². The zero-order chi connectivity index (χ0) is 11.0. The van der Waals surface area contributed by atoms with Gasteiger partial charge in [-0.2, -0.15) is 0 Å². The molecule has 78 valence electrons. The molecular weight excluding hydrogens is 212 g/mol. The van der Waals surface area contributed by atoms with Gasteiger partial charge in [-0.05, 0) is 19.1 Å². The number of ketones is 1. The molecule has 0 saturated carbocycles. The molecule has 1 atom stereocenters. The summed E-state index contributed by atoms with van der Waals surface area (Å²) in [5, 5.41) is 1.53. The van der Waals surface area contributed by atoms with E-state index in [1.54, 1.807) is 19.1 Å². The molecule has 1 heterocycles. The van der Waals surface area contributed by atoms with Gasteiger partial charge in [-0.1, -0.05) is 23.7 Å². The Hall–Kier alpha value is -1.32. The van der Waals surface area contributed by atoms with Gasteiger partial charge in [0, 0.05) is 5.39 Å². The second kappa shape index (κ2) is 3.68. The first kappa shape index (κ1) is 10.2. The van der Waals surface area contributed by atoms with Gasteiger partial charge in [0.25, 0.3) is 0 Å². The Morgan fingerprint density at radius 2 is 2.27 bits per heavy atom. The fraction of sp³-hybridized carbons (Fsp3) is 0.182. The number of hydrogen-bond acceptors (Lipinski definition) is 2. The molecule has 1 unspecified atom stereocenters. The van der Waals surface area contributed by atoms with Crippen molar-refractivity contribution in [3.8, 4) is 0 Å². The van der Waals surface area contributed by atoms with Crippen molar-refractivity contribution >= 4 is 28.3 Å². The molecule has 15 heavy (non-hydrogen) atoms. The number of nitrogens with one attached hydrogen (secondary N) is 1. The summed E-state index contributed by atoms with van der Waals surface area (Å²) in [5.74, 6) is -0.109. The smallest absolute Gasteiger partial charge is 0.195 e. The van der Waals surface area contributed by atoms with E-state index in [0.29, 0.717) is 10.7 Å². The fourth-order valence-electron chi connectivity index (χ4n) is 1.50. The van der Waals surface area contributed by atoms with E-state index < -0.39 is 6.04 Å². The summed E-state index contributed by atoms with van der Waals surface area (Å²) in [6.45, 7) is 1.66. The Kier molecular flexibility index (Phi) is 2.50. The lowest BCUT2D eigenvalue weighted by Gasteiger charge is -1.99. The number of para-hydroxylation sites is 1. The molecule has 0 spiro atoms. The molecule has 2 rings (SSSR count). The van der Waals surface area contributed by atoms with E-state index in [2.05, 4.69) is 4.98 Å².